The molecule has 8 nitrogen and oxygen atoms in total. The van der Waals surface area contributed by atoms with E-state index in [9.17, 15) is 5.11 Å². The highest BCUT2D eigenvalue weighted by Gasteiger charge is 2.33. The summed E-state index contributed by atoms with van der Waals surface area (Å²) in [5.41, 5.74) is 1.10. The van der Waals surface area contributed by atoms with Gasteiger partial charge in [0.05, 0.1) is 26.9 Å². The van der Waals surface area contributed by atoms with Gasteiger partial charge < -0.3 is 28.6 Å². The number of aromatic nitrogens is 2. The fourth-order valence-electron chi connectivity index (χ4n) is 4.39. The lowest BCUT2D eigenvalue weighted by Gasteiger charge is -2.30. The molecule has 1 aliphatic heterocycles. The number of rotatable bonds is 11. The van der Waals surface area contributed by atoms with Gasteiger partial charge in [-0.15, -0.1) is 0 Å². The first-order valence-corrected chi connectivity index (χ1v) is 12.4. The molecule has 0 spiro atoms. The quantitative estimate of drug-likeness (QED) is 0.407. The Balaban J connectivity index is 1.32. The summed E-state index contributed by atoms with van der Waals surface area (Å²) in [6, 6.07) is 13.8. The molecule has 0 bridgehead atoms. The van der Waals surface area contributed by atoms with Gasteiger partial charge in [-0.05, 0) is 55.7 Å². The van der Waals surface area contributed by atoms with Crippen molar-refractivity contribution in [3.63, 3.8) is 0 Å². The third kappa shape index (κ3) is 7.22. The van der Waals surface area contributed by atoms with Crippen molar-refractivity contribution in [2.24, 2.45) is 0 Å². The molecule has 1 aliphatic rings. The second-order valence-corrected chi connectivity index (χ2v) is 9.45. The summed E-state index contributed by atoms with van der Waals surface area (Å²) >= 11 is 0. The van der Waals surface area contributed by atoms with Crippen LogP contribution in [-0.4, -0.2) is 71.8 Å². The van der Waals surface area contributed by atoms with E-state index in [-0.39, 0.29) is 13.2 Å². The summed E-state index contributed by atoms with van der Waals surface area (Å²) in [7, 11) is 1.65. The number of ether oxygens (including phenoxy) is 4. The van der Waals surface area contributed by atoms with Crippen molar-refractivity contribution >= 4 is 0 Å². The van der Waals surface area contributed by atoms with E-state index in [2.05, 4.69) is 14.5 Å². The smallest absolute Gasteiger partial charge is 0.161 e. The highest BCUT2D eigenvalue weighted by Crippen LogP contribution is 2.29. The van der Waals surface area contributed by atoms with Gasteiger partial charge in [-0.25, -0.2) is 4.98 Å². The van der Waals surface area contributed by atoms with Gasteiger partial charge in [-0.2, -0.15) is 0 Å². The van der Waals surface area contributed by atoms with E-state index in [4.69, 9.17) is 18.9 Å². The number of imidazole rings is 1. The number of nitrogens with zero attached hydrogens (tertiary/aromatic N) is 3. The van der Waals surface area contributed by atoms with Crippen LogP contribution in [0.15, 0.2) is 54.9 Å². The molecular weight excluding hydrogens is 458 g/mol. The Morgan fingerprint density at radius 1 is 1.11 bits per heavy atom. The molecule has 194 valence electrons. The molecule has 0 unspecified atom stereocenters. The summed E-state index contributed by atoms with van der Waals surface area (Å²) < 4.78 is 25.4. The first-order valence-electron chi connectivity index (χ1n) is 12.4. The van der Waals surface area contributed by atoms with Crippen LogP contribution in [0.1, 0.15) is 23.4 Å². The second kappa shape index (κ2) is 12.3. The molecule has 2 aromatic carbocycles. The highest BCUT2D eigenvalue weighted by atomic mass is 16.5. The van der Waals surface area contributed by atoms with E-state index in [0.717, 1.165) is 48.0 Å². The van der Waals surface area contributed by atoms with Gasteiger partial charge in [-0.1, -0.05) is 18.2 Å². The van der Waals surface area contributed by atoms with Gasteiger partial charge >= 0.3 is 0 Å². The maximum atomic E-state index is 11.2. The Kier molecular flexibility index (Phi) is 8.85. The van der Waals surface area contributed by atoms with Gasteiger partial charge in [0.25, 0.3) is 0 Å². The molecule has 4 rings (SSSR count). The van der Waals surface area contributed by atoms with Crippen molar-refractivity contribution in [3.05, 3.63) is 71.8 Å². The van der Waals surface area contributed by atoms with Crippen LogP contribution < -0.4 is 14.2 Å². The van der Waals surface area contributed by atoms with E-state index >= 15 is 0 Å². The number of hydrogen-bond acceptors (Lipinski definition) is 7. The van der Waals surface area contributed by atoms with Crippen molar-refractivity contribution in [2.75, 3.05) is 46.6 Å². The van der Waals surface area contributed by atoms with Crippen molar-refractivity contribution in [1.29, 1.82) is 0 Å². The van der Waals surface area contributed by atoms with Crippen molar-refractivity contribution in [1.82, 2.24) is 14.5 Å². The average Bonchev–Trinajstić information content (AvgIpc) is 3.18. The molecule has 1 atom stereocenters. The molecule has 0 amide bonds. The number of hydrogen-bond donors (Lipinski definition) is 1. The lowest BCUT2D eigenvalue weighted by molar-refractivity contribution is -0.0646. The Labute approximate surface area is 213 Å². The first kappa shape index (κ1) is 26.0. The minimum atomic E-state index is -1.10. The predicted octanol–water partition coefficient (Wildman–Crippen LogP) is 3.62. The fourth-order valence-corrected chi connectivity index (χ4v) is 4.39. The number of benzene rings is 2. The molecule has 1 aromatic heterocycles. The fraction of sp³-hybridized carbons (Fsp3) is 0.464. The molecule has 0 saturated carbocycles. The molecule has 8 heteroatoms. The minimum Gasteiger partial charge on any atom is -0.493 e. The molecule has 1 saturated heterocycles. The molecule has 0 aliphatic carbocycles. The van der Waals surface area contributed by atoms with Crippen molar-refractivity contribution in [3.8, 4) is 17.2 Å². The summed E-state index contributed by atoms with van der Waals surface area (Å²) in [5, 5.41) is 11.2. The normalized spacial score (nSPS) is 18.6. The van der Waals surface area contributed by atoms with Crippen LogP contribution in [0.2, 0.25) is 0 Å². The standard InChI is InChI=1S/C28H37N3O5/c1-22-6-4-7-25(16-22)36-21-28(32)19-30(13-15-34-20-28)18-24-8-9-26(27(17-24)33-3)35-14-5-11-31-12-10-29-23(31)2/h4,6-10,12,16-17,32H,5,11,13-15,18-21H2,1-3H3/t28-/m1/s1. The maximum absolute atomic E-state index is 11.2. The Bertz CT molecular complexity index is 1120. The lowest BCUT2D eigenvalue weighted by atomic mass is 10.1. The molecular formula is C28H37N3O5. The summed E-state index contributed by atoms with van der Waals surface area (Å²) in [5.74, 6) is 3.19. The van der Waals surface area contributed by atoms with Crippen molar-refractivity contribution in [2.45, 2.75) is 39.0 Å². The maximum Gasteiger partial charge on any atom is 0.161 e. The van der Waals surface area contributed by atoms with Gasteiger partial charge in [0.2, 0.25) is 0 Å². The van der Waals surface area contributed by atoms with Crippen LogP contribution in [-0.2, 0) is 17.8 Å². The SMILES string of the molecule is COc1cc(CN2CCOC[C@@](O)(COc3cccc(C)c3)C2)ccc1OCCCn1ccnc1C. The number of aliphatic hydroxyl groups is 1. The van der Waals surface area contributed by atoms with Gasteiger partial charge in [0.15, 0.2) is 11.5 Å². The Hall–Kier alpha value is -3.07. The summed E-state index contributed by atoms with van der Waals surface area (Å²) in [4.78, 5) is 6.44. The highest BCUT2D eigenvalue weighted by molar-refractivity contribution is 5.43. The van der Waals surface area contributed by atoms with Gasteiger partial charge in [0, 0.05) is 38.6 Å². The van der Waals surface area contributed by atoms with E-state index in [0.29, 0.717) is 32.1 Å². The van der Waals surface area contributed by atoms with E-state index in [1.54, 1.807) is 7.11 Å². The van der Waals surface area contributed by atoms with Crippen molar-refractivity contribution < 1.29 is 24.1 Å². The van der Waals surface area contributed by atoms with Crippen LogP contribution in [0.25, 0.3) is 0 Å². The van der Waals surface area contributed by atoms with Crippen LogP contribution in [0.3, 0.4) is 0 Å². The summed E-state index contributed by atoms with van der Waals surface area (Å²) in [6.07, 6.45) is 4.67. The second-order valence-electron chi connectivity index (χ2n) is 9.45. The predicted molar refractivity (Wildman–Crippen MR) is 138 cm³/mol. The largest absolute Gasteiger partial charge is 0.493 e. The third-order valence-electron chi connectivity index (χ3n) is 6.30. The Morgan fingerprint density at radius 2 is 2.00 bits per heavy atom. The zero-order valence-corrected chi connectivity index (χ0v) is 21.5. The minimum absolute atomic E-state index is 0.168. The zero-order valence-electron chi connectivity index (χ0n) is 21.5. The van der Waals surface area contributed by atoms with E-state index in [1.807, 2.05) is 68.7 Å². The molecule has 2 heterocycles. The van der Waals surface area contributed by atoms with Crippen LogP contribution in [0.5, 0.6) is 17.2 Å². The summed E-state index contributed by atoms with van der Waals surface area (Å²) in [6.45, 7) is 8.26. The molecule has 0 radical (unpaired) electrons. The average molecular weight is 496 g/mol. The Morgan fingerprint density at radius 3 is 2.78 bits per heavy atom. The van der Waals surface area contributed by atoms with E-state index < -0.39 is 5.60 Å². The monoisotopic (exact) mass is 495 g/mol. The number of β-amino-alcohol motifs (C(OH)–C–C–N with tert-alkyl or cyclic N) is 1. The topological polar surface area (TPSA) is 78.2 Å². The first-order chi connectivity index (χ1) is 17.4. The third-order valence-corrected chi connectivity index (χ3v) is 6.30. The van der Waals surface area contributed by atoms with Gasteiger partial charge in [-0.3, -0.25) is 4.90 Å². The molecule has 1 fully saturated rings. The molecule has 36 heavy (non-hydrogen) atoms. The zero-order chi connectivity index (χ0) is 25.4. The van der Waals surface area contributed by atoms with Crippen LogP contribution in [0.4, 0.5) is 0 Å². The number of methoxy groups -OCH3 is 1. The number of aryl methyl sites for hydroxylation is 3. The molecule has 3 aromatic rings. The van der Waals surface area contributed by atoms with Crippen LogP contribution >= 0.6 is 0 Å². The van der Waals surface area contributed by atoms with E-state index in [1.165, 1.54) is 0 Å². The molecule has 1 N–H and O–H groups in total. The lowest BCUT2D eigenvalue weighted by Crippen LogP contribution is -2.48. The van der Waals surface area contributed by atoms with Gasteiger partial charge in [0.1, 0.15) is 23.8 Å². The van der Waals surface area contributed by atoms with Crippen LogP contribution in [0, 0.1) is 13.8 Å².